The van der Waals surface area contributed by atoms with Gasteiger partial charge in [0.2, 0.25) is 5.91 Å². The minimum Gasteiger partial charge on any atom is -0.458 e. The Morgan fingerprint density at radius 3 is 2.74 bits per heavy atom. The molecule has 0 radical (unpaired) electrons. The third-order valence-corrected chi connectivity index (χ3v) is 8.16. The Labute approximate surface area is 221 Å². The number of pyridine rings is 2. The predicted molar refractivity (Wildman–Crippen MR) is 135 cm³/mol. The number of aliphatic hydroxyl groups excluding tert-OH is 1. The highest BCUT2D eigenvalue weighted by molar-refractivity contribution is 5.95. The molecule has 3 aromatic rings. The van der Waals surface area contributed by atoms with Gasteiger partial charge in [-0.3, -0.25) is 9.59 Å². The molecule has 0 fully saturated rings. The number of hydrogen-bond acceptors (Lipinski definition) is 7. The number of carbonyl (C=O) groups excluding carboxylic acids is 2. The summed E-state index contributed by atoms with van der Waals surface area (Å²) in [4.78, 5) is 43.6. The Hall–Kier alpha value is -3.70. The maximum absolute atomic E-state index is 14.0. The highest BCUT2D eigenvalue weighted by atomic mass is 19.3. The number of ether oxygens (including phenoxy) is 1. The van der Waals surface area contributed by atoms with Crippen LogP contribution in [-0.2, 0) is 39.5 Å². The number of benzene rings is 1. The first-order valence-corrected chi connectivity index (χ1v) is 13.0. The largest absolute Gasteiger partial charge is 0.458 e. The van der Waals surface area contributed by atoms with Crippen molar-refractivity contribution in [3.8, 4) is 11.4 Å². The van der Waals surface area contributed by atoms with Gasteiger partial charge >= 0.3 is 5.97 Å². The van der Waals surface area contributed by atoms with Gasteiger partial charge in [0.1, 0.15) is 6.61 Å². The van der Waals surface area contributed by atoms with Crippen LogP contribution in [0.4, 0.5) is 8.78 Å². The van der Waals surface area contributed by atoms with Crippen LogP contribution in [0.15, 0.2) is 23.0 Å². The fraction of sp³-hybridized carbons (Fsp3) is 0.429. The van der Waals surface area contributed by atoms with Crippen LogP contribution in [0.3, 0.4) is 0 Å². The Kier molecular flexibility index (Phi) is 5.85. The maximum atomic E-state index is 14.0. The van der Waals surface area contributed by atoms with Gasteiger partial charge in [0.05, 0.1) is 41.2 Å². The second-order valence-corrected chi connectivity index (χ2v) is 10.5. The number of aromatic nitrogens is 2. The summed E-state index contributed by atoms with van der Waals surface area (Å²) in [7, 11) is 0. The van der Waals surface area contributed by atoms with Gasteiger partial charge in [0.25, 0.3) is 12.0 Å². The highest BCUT2D eigenvalue weighted by Gasteiger charge is 2.46. The van der Waals surface area contributed by atoms with Crippen molar-refractivity contribution in [2.75, 3.05) is 0 Å². The van der Waals surface area contributed by atoms with Gasteiger partial charge in [0, 0.05) is 28.5 Å². The zero-order chi connectivity index (χ0) is 27.8. The van der Waals surface area contributed by atoms with Crippen molar-refractivity contribution in [2.24, 2.45) is 0 Å². The van der Waals surface area contributed by atoms with Crippen LogP contribution in [0, 0.1) is 0 Å². The zero-order valence-corrected chi connectivity index (χ0v) is 21.4. The van der Waals surface area contributed by atoms with E-state index in [1.807, 2.05) is 0 Å². The lowest BCUT2D eigenvalue weighted by molar-refractivity contribution is -0.172. The number of cyclic esters (lactones) is 1. The standard InChI is InChI=1S/C28H27F2N3O6/c1-3-28(38)17-9-20-24-15(10-33(20)26(36)16(17)11-39-27(28)37)23-19(31-21(35)7-4-12(2)34)8-14-13(25(29)30)5-6-18(32-24)22(14)23/h5-6,9,12,19,25,34,38H,3-4,7-8,10-11H2,1-2H3,(H,31,35)/t12?,19?,28-/m0/s1. The van der Waals surface area contributed by atoms with Gasteiger partial charge in [-0.25, -0.2) is 18.6 Å². The molecule has 2 unspecified atom stereocenters. The van der Waals surface area contributed by atoms with E-state index in [2.05, 4.69) is 5.32 Å². The van der Waals surface area contributed by atoms with Crippen molar-refractivity contribution < 1.29 is 33.3 Å². The summed E-state index contributed by atoms with van der Waals surface area (Å²) in [6.07, 6.45) is -2.91. The van der Waals surface area contributed by atoms with Gasteiger partial charge in [-0.2, -0.15) is 0 Å². The van der Waals surface area contributed by atoms with Gasteiger partial charge in [-0.15, -0.1) is 0 Å². The van der Waals surface area contributed by atoms with E-state index in [-0.39, 0.29) is 61.4 Å². The molecule has 0 bridgehead atoms. The lowest BCUT2D eigenvalue weighted by Crippen LogP contribution is -2.44. The molecule has 11 heteroatoms. The number of fused-ring (bicyclic) bond motifs is 5. The SMILES string of the molecule is CC[C@@]1(O)C(=O)OCc2c1cc1n(c2=O)Cc2c-1nc1ccc(C(F)F)c3c1c2C(NC(=O)CCC(C)O)C3. The molecule has 2 aliphatic heterocycles. The molecule has 3 atom stereocenters. The molecular formula is C28H27F2N3O6. The molecular weight excluding hydrogens is 512 g/mol. The van der Waals surface area contributed by atoms with E-state index in [1.165, 1.54) is 16.7 Å². The second kappa shape index (κ2) is 8.92. The van der Waals surface area contributed by atoms with Gasteiger partial charge in [-0.05, 0) is 49.4 Å². The minimum atomic E-state index is -2.72. The summed E-state index contributed by atoms with van der Waals surface area (Å²) < 4.78 is 34.6. The summed E-state index contributed by atoms with van der Waals surface area (Å²) >= 11 is 0. The number of carbonyl (C=O) groups is 2. The molecule has 39 heavy (non-hydrogen) atoms. The fourth-order valence-corrected chi connectivity index (χ4v) is 6.14. The number of alkyl halides is 2. The van der Waals surface area contributed by atoms with Crippen LogP contribution in [0.5, 0.6) is 0 Å². The first kappa shape index (κ1) is 25.6. The summed E-state index contributed by atoms with van der Waals surface area (Å²) in [5.41, 5.74) is 0.798. The van der Waals surface area contributed by atoms with Crippen LogP contribution in [0.2, 0.25) is 0 Å². The van der Waals surface area contributed by atoms with Gasteiger partial charge < -0.3 is 24.8 Å². The fourth-order valence-electron chi connectivity index (χ4n) is 6.14. The molecule has 0 saturated heterocycles. The Bertz CT molecular complexity index is 1630. The number of rotatable bonds is 6. The van der Waals surface area contributed by atoms with E-state index in [9.17, 15) is 33.4 Å². The van der Waals surface area contributed by atoms with Crippen LogP contribution < -0.4 is 10.9 Å². The van der Waals surface area contributed by atoms with E-state index in [4.69, 9.17) is 9.72 Å². The zero-order valence-electron chi connectivity index (χ0n) is 21.4. The molecule has 1 aromatic carbocycles. The number of aliphatic hydroxyl groups is 2. The Balaban J connectivity index is 1.55. The Morgan fingerprint density at radius 1 is 1.28 bits per heavy atom. The molecule has 9 nitrogen and oxygen atoms in total. The van der Waals surface area contributed by atoms with E-state index in [1.54, 1.807) is 19.9 Å². The first-order chi connectivity index (χ1) is 18.5. The quantitative estimate of drug-likeness (QED) is 0.321. The number of esters is 1. The number of halogens is 2. The monoisotopic (exact) mass is 539 g/mol. The first-order valence-electron chi connectivity index (χ1n) is 13.0. The van der Waals surface area contributed by atoms with E-state index < -0.39 is 35.7 Å². The molecule has 0 spiro atoms. The number of nitrogens with one attached hydrogen (secondary N) is 1. The minimum absolute atomic E-state index is 0.00527. The molecule has 6 rings (SSSR count). The molecule has 2 aromatic heterocycles. The van der Waals surface area contributed by atoms with Crippen LogP contribution in [0.1, 0.15) is 79.0 Å². The van der Waals surface area contributed by atoms with E-state index in [0.29, 0.717) is 39.0 Å². The van der Waals surface area contributed by atoms with Crippen LogP contribution >= 0.6 is 0 Å². The molecule has 3 N–H and O–H groups in total. The highest BCUT2D eigenvalue weighted by Crippen LogP contribution is 2.47. The molecule has 0 saturated carbocycles. The van der Waals surface area contributed by atoms with Crippen molar-refractivity contribution in [3.63, 3.8) is 0 Å². The summed E-state index contributed by atoms with van der Waals surface area (Å²) in [5, 5.41) is 24.2. The predicted octanol–water partition coefficient (Wildman–Crippen LogP) is 2.89. The van der Waals surface area contributed by atoms with Crippen molar-refractivity contribution in [1.29, 1.82) is 0 Å². The molecule has 1 aliphatic carbocycles. The third kappa shape index (κ3) is 3.70. The third-order valence-electron chi connectivity index (χ3n) is 8.16. The maximum Gasteiger partial charge on any atom is 0.343 e. The number of nitrogens with zero attached hydrogens (tertiary/aromatic N) is 2. The average Bonchev–Trinajstić information content (AvgIpc) is 3.45. The van der Waals surface area contributed by atoms with E-state index >= 15 is 0 Å². The molecule has 4 heterocycles. The van der Waals surface area contributed by atoms with Crippen molar-refractivity contribution in [2.45, 2.75) is 76.9 Å². The van der Waals surface area contributed by atoms with Crippen molar-refractivity contribution >= 4 is 22.8 Å². The van der Waals surface area contributed by atoms with E-state index in [0.717, 1.165) is 0 Å². The summed E-state index contributed by atoms with van der Waals surface area (Å²) in [5.74, 6) is -1.15. The number of hydrogen-bond donors (Lipinski definition) is 3. The summed E-state index contributed by atoms with van der Waals surface area (Å²) in [6, 6.07) is 3.82. The van der Waals surface area contributed by atoms with Crippen molar-refractivity contribution in [3.05, 3.63) is 61.9 Å². The average molecular weight is 540 g/mol. The van der Waals surface area contributed by atoms with Gasteiger partial charge in [0.15, 0.2) is 5.60 Å². The van der Waals surface area contributed by atoms with Crippen molar-refractivity contribution in [1.82, 2.24) is 14.9 Å². The van der Waals surface area contributed by atoms with Gasteiger partial charge in [-0.1, -0.05) is 13.0 Å². The Morgan fingerprint density at radius 2 is 2.05 bits per heavy atom. The van der Waals surface area contributed by atoms with Crippen LogP contribution in [-0.4, -0.2) is 37.7 Å². The van der Waals surface area contributed by atoms with Crippen LogP contribution in [0.25, 0.3) is 22.3 Å². The number of amides is 1. The lowest BCUT2D eigenvalue weighted by atomic mass is 9.86. The molecule has 204 valence electrons. The molecule has 3 aliphatic rings. The molecule has 1 amide bonds. The topological polar surface area (TPSA) is 131 Å². The smallest absolute Gasteiger partial charge is 0.343 e. The summed E-state index contributed by atoms with van der Waals surface area (Å²) in [6.45, 7) is 3.03. The second-order valence-electron chi connectivity index (χ2n) is 10.5. The normalized spacial score (nSPS) is 21.5. The lowest BCUT2D eigenvalue weighted by Gasteiger charge is -2.31.